The Bertz CT molecular complexity index is 539. The van der Waals surface area contributed by atoms with Gasteiger partial charge in [0, 0.05) is 31.9 Å². The number of nitrogens with two attached hydrogens (primary N) is 1. The summed E-state index contributed by atoms with van der Waals surface area (Å²) in [5.74, 6) is -0.0768. The lowest BCUT2D eigenvalue weighted by atomic mass is 10.1. The monoisotopic (exact) mass is 405 g/mol. The molecule has 0 unspecified atom stereocenters. The SMILES string of the molecule is Cl.Cl.NC[C@H]1CC[C@@H](C(=O)Nc2ccc(CCN3CCOCC3)cc2)O1. The number of halogens is 2. The highest BCUT2D eigenvalue weighted by atomic mass is 35.5. The fraction of sp³-hybridized carbons (Fsp3) is 0.611. The predicted octanol–water partition coefficient (Wildman–Crippen LogP) is 1.85. The number of carbonyl (C=O) groups is 1. The Balaban J connectivity index is 0.00000169. The molecule has 26 heavy (non-hydrogen) atoms. The van der Waals surface area contributed by atoms with Crippen LogP contribution in [-0.4, -0.2) is 62.4 Å². The third kappa shape index (κ3) is 6.68. The van der Waals surface area contributed by atoms with Crippen molar-refractivity contribution in [2.75, 3.05) is 44.7 Å². The predicted molar refractivity (Wildman–Crippen MR) is 107 cm³/mol. The average Bonchev–Trinajstić information content (AvgIpc) is 3.11. The van der Waals surface area contributed by atoms with E-state index in [0.717, 1.165) is 57.8 Å². The third-order valence-electron chi connectivity index (χ3n) is 4.70. The van der Waals surface area contributed by atoms with Gasteiger partial charge in [-0.25, -0.2) is 0 Å². The van der Waals surface area contributed by atoms with Crippen molar-refractivity contribution in [3.8, 4) is 0 Å². The number of carbonyl (C=O) groups excluding carboxylic acids is 1. The molecule has 0 aliphatic carbocycles. The van der Waals surface area contributed by atoms with Crippen LogP contribution in [0.5, 0.6) is 0 Å². The maximum absolute atomic E-state index is 12.2. The molecule has 0 aromatic heterocycles. The van der Waals surface area contributed by atoms with Gasteiger partial charge in [-0.05, 0) is 37.0 Å². The van der Waals surface area contributed by atoms with Gasteiger partial charge in [-0.3, -0.25) is 9.69 Å². The minimum absolute atomic E-state index is 0. The van der Waals surface area contributed by atoms with Crippen LogP contribution >= 0.6 is 24.8 Å². The molecule has 2 saturated heterocycles. The summed E-state index contributed by atoms with van der Waals surface area (Å²) in [6, 6.07) is 8.08. The summed E-state index contributed by atoms with van der Waals surface area (Å²) < 4.78 is 11.0. The number of ether oxygens (including phenoxy) is 2. The third-order valence-corrected chi connectivity index (χ3v) is 4.70. The number of hydrogen-bond acceptors (Lipinski definition) is 5. The van der Waals surface area contributed by atoms with E-state index in [1.54, 1.807) is 0 Å². The minimum atomic E-state index is -0.375. The van der Waals surface area contributed by atoms with E-state index in [0.29, 0.717) is 6.54 Å². The van der Waals surface area contributed by atoms with Gasteiger partial charge in [0.2, 0.25) is 0 Å². The smallest absolute Gasteiger partial charge is 0.253 e. The van der Waals surface area contributed by atoms with E-state index in [-0.39, 0.29) is 42.9 Å². The van der Waals surface area contributed by atoms with Crippen molar-refractivity contribution in [1.82, 2.24) is 4.90 Å². The molecule has 2 atom stereocenters. The summed E-state index contributed by atoms with van der Waals surface area (Å²) in [7, 11) is 0. The first kappa shape index (κ1) is 23.1. The summed E-state index contributed by atoms with van der Waals surface area (Å²) in [5, 5.41) is 2.93. The Morgan fingerprint density at radius 1 is 1.15 bits per heavy atom. The van der Waals surface area contributed by atoms with Crippen LogP contribution in [0.1, 0.15) is 18.4 Å². The standard InChI is InChI=1S/C18H27N3O3.2ClH/c19-13-16-5-6-17(24-16)18(22)20-15-3-1-14(2-4-15)7-8-21-9-11-23-12-10-21;;/h1-4,16-17H,5-13,19H2,(H,20,22);2*1H/t16-,17+;;/m1../s1. The van der Waals surface area contributed by atoms with Gasteiger partial charge in [-0.2, -0.15) is 0 Å². The average molecular weight is 406 g/mol. The minimum Gasteiger partial charge on any atom is -0.379 e. The molecule has 0 bridgehead atoms. The fourth-order valence-electron chi connectivity index (χ4n) is 3.16. The summed E-state index contributed by atoms with van der Waals surface area (Å²) in [5.41, 5.74) is 7.67. The molecule has 2 fully saturated rings. The molecule has 1 amide bonds. The first-order valence-electron chi connectivity index (χ1n) is 8.80. The Labute approximate surface area is 167 Å². The molecular weight excluding hydrogens is 377 g/mol. The Kier molecular flexibility index (Phi) is 10.5. The fourth-order valence-corrected chi connectivity index (χ4v) is 3.16. The number of hydrogen-bond donors (Lipinski definition) is 2. The molecule has 0 radical (unpaired) electrons. The highest BCUT2D eigenvalue weighted by Gasteiger charge is 2.29. The van der Waals surface area contributed by atoms with Crippen molar-refractivity contribution in [3.63, 3.8) is 0 Å². The van der Waals surface area contributed by atoms with Gasteiger partial charge >= 0.3 is 0 Å². The van der Waals surface area contributed by atoms with Crippen molar-refractivity contribution < 1.29 is 14.3 Å². The lowest BCUT2D eigenvalue weighted by molar-refractivity contribution is -0.126. The summed E-state index contributed by atoms with van der Waals surface area (Å²) >= 11 is 0. The van der Waals surface area contributed by atoms with Crippen LogP contribution in [0.25, 0.3) is 0 Å². The van der Waals surface area contributed by atoms with Gasteiger partial charge in [-0.1, -0.05) is 12.1 Å². The second kappa shape index (κ2) is 11.7. The highest BCUT2D eigenvalue weighted by Crippen LogP contribution is 2.20. The Hall–Kier alpha value is -0.890. The van der Waals surface area contributed by atoms with Crippen molar-refractivity contribution in [2.45, 2.75) is 31.5 Å². The number of rotatable bonds is 6. The van der Waals surface area contributed by atoms with Crippen LogP contribution < -0.4 is 11.1 Å². The Morgan fingerprint density at radius 3 is 2.46 bits per heavy atom. The molecule has 1 aromatic carbocycles. The van der Waals surface area contributed by atoms with Crippen LogP contribution in [-0.2, 0) is 20.7 Å². The van der Waals surface area contributed by atoms with Gasteiger partial charge in [0.05, 0.1) is 19.3 Å². The van der Waals surface area contributed by atoms with Crippen molar-refractivity contribution >= 4 is 36.4 Å². The topological polar surface area (TPSA) is 76.8 Å². The molecule has 0 saturated carbocycles. The normalized spacial score (nSPS) is 23.0. The molecular formula is C18H29Cl2N3O3. The zero-order valence-electron chi connectivity index (χ0n) is 14.9. The molecule has 148 valence electrons. The molecule has 3 N–H and O–H groups in total. The van der Waals surface area contributed by atoms with Crippen LogP contribution in [0.2, 0.25) is 0 Å². The van der Waals surface area contributed by atoms with E-state index in [1.807, 2.05) is 12.1 Å². The zero-order valence-corrected chi connectivity index (χ0v) is 16.5. The Morgan fingerprint density at radius 2 is 1.85 bits per heavy atom. The summed E-state index contributed by atoms with van der Waals surface area (Å²) in [6.45, 7) is 5.21. The van der Waals surface area contributed by atoms with E-state index >= 15 is 0 Å². The number of amides is 1. The van der Waals surface area contributed by atoms with Crippen molar-refractivity contribution in [1.29, 1.82) is 0 Å². The first-order chi connectivity index (χ1) is 11.7. The number of benzene rings is 1. The first-order valence-corrected chi connectivity index (χ1v) is 8.80. The maximum Gasteiger partial charge on any atom is 0.253 e. The van der Waals surface area contributed by atoms with E-state index in [4.69, 9.17) is 15.2 Å². The highest BCUT2D eigenvalue weighted by molar-refractivity contribution is 5.94. The molecule has 0 spiro atoms. The van der Waals surface area contributed by atoms with E-state index < -0.39 is 0 Å². The van der Waals surface area contributed by atoms with Crippen LogP contribution in [0.3, 0.4) is 0 Å². The van der Waals surface area contributed by atoms with E-state index in [9.17, 15) is 4.79 Å². The van der Waals surface area contributed by atoms with Crippen LogP contribution in [0, 0.1) is 0 Å². The number of nitrogens with one attached hydrogen (secondary N) is 1. The molecule has 2 heterocycles. The summed E-state index contributed by atoms with van der Waals surface area (Å²) in [6.07, 6.45) is 2.25. The molecule has 2 aliphatic heterocycles. The van der Waals surface area contributed by atoms with Gasteiger partial charge in [-0.15, -0.1) is 24.8 Å². The molecule has 1 aromatic rings. The lowest BCUT2D eigenvalue weighted by Crippen LogP contribution is -2.37. The molecule has 3 rings (SSSR count). The van der Waals surface area contributed by atoms with E-state index in [2.05, 4.69) is 22.3 Å². The number of morpholine rings is 1. The van der Waals surface area contributed by atoms with Crippen molar-refractivity contribution in [3.05, 3.63) is 29.8 Å². The summed E-state index contributed by atoms with van der Waals surface area (Å²) in [4.78, 5) is 14.6. The molecule has 2 aliphatic rings. The van der Waals surface area contributed by atoms with Gasteiger partial charge in [0.1, 0.15) is 6.10 Å². The quantitative estimate of drug-likeness (QED) is 0.754. The van der Waals surface area contributed by atoms with Crippen LogP contribution in [0.15, 0.2) is 24.3 Å². The number of anilines is 1. The molecule has 8 heteroatoms. The largest absolute Gasteiger partial charge is 0.379 e. The van der Waals surface area contributed by atoms with Crippen molar-refractivity contribution in [2.24, 2.45) is 5.73 Å². The van der Waals surface area contributed by atoms with Gasteiger partial charge < -0.3 is 20.5 Å². The van der Waals surface area contributed by atoms with E-state index in [1.165, 1.54) is 5.56 Å². The maximum atomic E-state index is 12.2. The van der Waals surface area contributed by atoms with Crippen LogP contribution in [0.4, 0.5) is 5.69 Å². The lowest BCUT2D eigenvalue weighted by Gasteiger charge is -2.26. The molecule has 6 nitrogen and oxygen atoms in total. The van der Waals surface area contributed by atoms with Gasteiger partial charge in [0.25, 0.3) is 5.91 Å². The second-order valence-corrected chi connectivity index (χ2v) is 6.45. The second-order valence-electron chi connectivity index (χ2n) is 6.45. The number of nitrogens with zero attached hydrogens (tertiary/aromatic N) is 1. The zero-order chi connectivity index (χ0) is 16.8. The van der Waals surface area contributed by atoms with Gasteiger partial charge in [0.15, 0.2) is 0 Å².